The lowest BCUT2D eigenvalue weighted by Crippen LogP contribution is -1.95. The lowest BCUT2D eigenvalue weighted by molar-refractivity contribution is 0.483. The van der Waals surface area contributed by atoms with Crippen LogP contribution in [0.4, 0.5) is 11.5 Å². The molecule has 4 heteroatoms. The topological polar surface area (TPSA) is 47.0 Å². The first-order valence-corrected chi connectivity index (χ1v) is 7.69. The summed E-state index contributed by atoms with van der Waals surface area (Å²) >= 11 is 0. The molecule has 0 aliphatic heterocycles. The number of benzene rings is 3. The van der Waals surface area contributed by atoms with Gasteiger partial charge in [-0.15, -0.1) is 0 Å². The van der Waals surface area contributed by atoms with Crippen LogP contribution in [0.2, 0.25) is 0 Å². The number of anilines is 2. The summed E-state index contributed by atoms with van der Waals surface area (Å²) in [5.74, 6) is 2.32. The van der Waals surface area contributed by atoms with E-state index in [-0.39, 0.29) is 0 Å². The van der Waals surface area contributed by atoms with Gasteiger partial charge in [-0.25, -0.2) is 4.98 Å². The molecular weight excluding hydrogens is 298 g/mol. The molecule has 0 saturated carbocycles. The molecule has 1 N–H and O–H groups in total. The Kier molecular flexibility index (Phi) is 3.78. The fourth-order valence-corrected chi connectivity index (χ4v) is 2.40. The van der Waals surface area contributed by atoms with E-state index >= 15 is 0 Å². The second kappa shape index (κ2) is 6.38. The molecule has 24 heavy (non-hydrogen) atoms. The molecule has 1 heterocycles. The van der Waals surface area contributed by atoms with Crippen molar-refractivity contribution in [3.63, 3.8) is 0 Å². The van der Waals surface area contributed by atoms with E-state index in [0.29, 0.717) is 5.82 Å². The third-order valence-electron chi connectivity index (χ3n) is 3.55. The summed E-state index contributed by atoms with van der Waals surface area (Å²) in [7, 11) is 0. The van der Waals surface area contributed by atoms with Gasteiger partial charge in [-0.05, 0) is 48.5 Å². The van der Waals surface area contributed by atoms with E-state index in [1.54, 1.807) is 6.20 Å². The molecule has 0 radical (unpaired) electrons. The minimum Gasteiger partial charge on any atom is -0.457 e. The fraction of sp³-hybridized carbons (Fsp3) is 0. The molecule has 0 unspecified atom stereocenters. The molecule has 0 fully saturated rings. The lowest BCUT2D eigenvalue weighted by Gasteiger charge is -2.08. The van der Waals surface area contributed by atoms with Crippen molar-refractivity contribution in [2.45, 2.75) is 0 Å². The van der Waals surface area contributed by atoms with E-state index in [1.165, 1.54) is 0 Å². The Morgan fingerprint density at radius 1 is 0.667 bits per heavy atom. The largest absolute Gasteiger partial charge is 0.457 e. The Morgan fingerprint density at radius 3 is 2.12 bits per heavy atom. The van der Waals surface area contributed by atoms with Gasteiger partial charge in [0.05, 0.1) is 17.2 Å². The van der Waals surface area contributed by atoms with Gasteiger partial charge in [0.1, 0.15) is 17.3 Å². The third-order valence-corrected chi connectivity index (χ3v) is 3.55. The number of rotatable bonds is 4. The standard InChI is InChI=1S/C20H15N3O/c1-2-6-16(7-3-1)24-17-12-10-15(11-13-17)22-20-14-21-18-8-4-5-9-19(18)23-20/h1-14H,(H,22,23). The van der Waals surface area contributed by atoms with Crippen LogP contribution in [-0.4, -0.2) is 9.97 Å². The maximum atomic E-state index is 5.79. The number of ether oxygens (including phenoxy) is 1. The van der Waals surface area contributed by atoms with Crippen LogP contribution < -0.4 is 10.1 Å². The number of para-hydroxylation sites is 3. The summed E-state index contributed by atoms with van der Waals surface area (Å²) in [6, 6.07) is 25.3. The molecule has 0 spiro atoms. The van der Waals surface area contributed by atoms with Gasteiger partial charge >= 0.3 is 0 Å². The molecule has 1 aromatic heterocycles. The van der Waals surface area contributed by atoms with Crippen molar-refractivity contribution in [2.75, 3.05) is 5.32 Å². The zero-order valence-electron chi connectivity index (χ0n) is 12.9. The number of aromatic nitrogens is 2. The van der Waals surface area contributed by atoms with Crippen molar-refractivity contribution in [1.82, 2.24) is 9.97 Å². The molecule has 0 saturated heterocycles. The minimum atomic E-state index is 0.713. The number of fused-ring (bicyclic) bond motifs is 1. The molecule has 0 atom stereocenters. The van der Waals surface area contributed by atoms with Crippen LogP contribution >= 0.6 is 0 Å². The van der Waals surface area contributed by atoms with Crippen LogP contribution in [0.5, 0.6) is 11.5 Å². The van der Waals surface area contributed by atoms with Gasteiger partial charge in [-0.1, -0.05) is 30.3 Å². The molecule has 4 nitrogen and oxygen atoms in total. The van der Waals surface area contributed by atoms with Crippen molar-refractivity contribution in [3.8, 4) is 11.5 Å². The van der Waals surface area contributed by atoms with E-state index in [2.05, 4.69) is 15.3 Å². The SMILES string of the molecule is c1ccc(Oc2ccc(Nc3cnc4ccccc4n3)cc2)cc1. The second-order valence-electron chi connectivity index (χ2n) is 5.31. The summed E-state index contributed by atoms with van der Waals surface area (Å²) in [6.45, 7) is 0. The first-order chi connectivity index (χ1) is 11.9. The summed E-state index contributed by atoms with van der Waals surface area (Å²) in [4.78, 5) is 8.96. The number of nitrogens with zero attached hydrogens (tertiary/aromatic N) is 2. The Labute approximate surface area is 139 Å². The smallest absolute Gasteiger partial charge is 0.149 e. The first kappa shape index (κ1) is 14.2. The van der Waals surface area contributed by atoms with Gasteiger partial charge < -0.3 is 10.1 Å². The Bertz CT molecular complexity index is 953. The van der Waals surface area contributed by atoms with Crippen LogP contribution in [0.15, 0.2) is 85.1 Å². The molecule has 0 aliphatic carbocycles. The quantitative estimate of drug-likeness (QED) is 0.565. The fourth-order valence-electron chi connectivity index (χ4n) is 2.40. The minimum absolute atomic E-state index is 0.713. The van der Waals surface area contributed by atoms with E-state index in [9.17, 15) is 0 Å². The summed E-state index contributed by atoms with van der Waals surface area (Å²) in [5.41, 5.74) is 2.68. The van der Waals surface area contributed by atoms with E-state index < -0.39 is 0 Å². The predicted molar refractivity (Wildman–Crippen MR) is 95.8 cm³/mol. The summed E-state index contributed by atoms with van der Waals surface area (Å²) in [6.07, 6.45) is 1.73. The molecule has 0 bridgehead atoms. The predicted octanol–water partition coefficient (Wildman–Crippen LogP) is 5.17. The first-order valence-electron chi connectivity index (χ1n) is 7.69. The van der Waals surface area contributed by atoms with Crippen molar-refractivity contribution in [1.29, 1.82) is 0 Å². The van der Waals surface area contributed by atoms with Crippen LogP contribution in [0.25, 0.3) is 11.0 Å². The van der Waals surface area contributed by atoms with Crippen molar-refractivity contribution < 1.29 is 4.74 Å². The van der Waals surface area contributed by atoms with Gasteiger partial charge in [0.2, 0.25) is 0 Å². The normalized spacial score (nSPS) is 10.5. The van der Waals surface area contributed by atoms with Gasteiger partial charge in [-0.3, -0.25) is 4.98 Å². The molecule has 3 aromatic carbocycles. The maximum Gasteiger partial charge on any atom is 0.149 e. The van der Waals surface area contributed by atoms with Crippen LogP contribution in [0.3, 0.4) is 0 Å². The molecule has 0 amide bonds. The maximum absolute atomic E-state index is 5.79. The van der Waals surface area contributed by atoms with Gasteiger partial charge in [-0.2, -0.15) is 0 Å². The van der Waals surface area contributed by atoms with Gasteiger partial charge in [0.15, 0.2) is 0 Å². The van der Waals surface area contributed by atoms with Gasteiger partial charge in [0.25, 0.3) is 0 Å². The van der Waals surface area contributed by atoms with E-state index in [4.69, 9.17) is 4.74 Å². The van der Waals surface area contributed by atoms with E-state index in [0.717, 1.165) is 28.2 Å². The summed E-state index contributed by atoms with van der Waals surface area (Å²) in [5, 5.41) is 3.26. The van der Waals surface area contributed by atoms with Crippen molar-refractivity contribution in [3.05, 3.63) is 85.1 Å². The Morgan fingerprint density at radius 2 is 1.33 bits per heavy atom. The highest BCUT2D eigenvalue weighted by Gasteiger charge is 2.01. The molecule has 0 aliphatic rings. The van der Waals surface area contributed by atoms with Crippen molar-refractivity contribution >= 4 is 22.5 Å². The zero-order chi connectivity index (χ0) is 16.2. The van der Waals surface area contributed by atoms with Crippen LogP contribution in [0, 0.1) is 0 Å². The Balaban J connectivity index is 1.50. The highest BCUT2D eigenvalue weighted by atomic mass is 16.5. The molecule has 4 rings (SSSR count). The van der Waals surface area contributed by atoms with Crippen LogP contribution in [-0.2, 0) is 0 Å². The Hall–Kier alpha value is -3.40. The molecular formula is C20H15N3O. The number of nitrogens with one attached hydrogen (secondary N) is 1. The molecule has 116 valence electrons. The molecule has 4 aromatic rings. The van der Waals surface area contributed by atoms with Crippen molar-refractivity contribution in [2.24, 2.45) is 0 Å². The number of hydrogen-bond acceptors (Lipinski definition) is 4. The third kappa shape index (κ3) is 3.17. The average Bonchev–Trinajstić information content (AvgIpc) is 2.64. The highest BCUT2D eigenvalue weighted by Crippen LogP contribution is 2.24. The lowest BCUT2D eigenvalue weighted by atomic mass is 10.3. The van der Waals surface area contributed by atoms with E-state index in [1.807, 2.05) is 78.9 Å². The second-order valence-corrected chi connectivity index (χ2v) is 5.31. The monoisotopic (exact) mass is 313 g/mol. The number of hydrogen-bond donors (Lipinski definition) is 1. The van der Waals surface area contributed by atoms with Crippen LogP contribution in [0.1, 0.15) is 0 Å². The van der Waals surface area contributed by atoms with Gasteiger partial charge in [0, 0.05) is 5.69 Å². The summed E-state index contributed by atoms with van der Waals surface area (Å²) < 4.78 is 5.79. The average molecular weight is 313 g/mol. The highest BCUT2D eigenvalue weighted by molar-refractivity contribution is 5.76. The zero-order valence-corrected chi connectivity index (χ0v) is 12.9.